The number of fused-ring (bicyclic) bond motifs is 1. The maximum absolute atomic E-state index is 11.0. The van der Waals surface area contributed by atoms with Gasteiger partial charge in [0.25, 0.3) is 0 Å². The Labute approximate surface area is 138 Å². The molecule has 3 aromatic rings. The molecule has 0 aliphatic rings. The molecule has 0 saturated carbocycles. The van der Waals surface area contributed by atoms with Crippen molar-refractivity contribution >= 4 is 28.8 Å². The van der Waals surface area contributed by atoms with E-state index in [0.29, 0.717) is 0 Å². The molecule has 0 aliphatic carbocycles. The van der Waals surface area contributed by atoms with Crippen molar-refractivity contribution in [1.82, 2.24) is 15.0 Å². The molecule has 1 heterocycles. The van der Waals surface area contributed by atoms with Crippen LogP contribution in [0.3, 0.4) is 0 Å². The zero-order chi connectivity index (χ0) is 17.1. The first-order chi connectivity index (χ1) is 11.5. The number of nitrogens with one attached hydrogen (secondary N) is 3. The van der Waals surface area contributed by atoms with E-state index in [4.69, 9.17) is 4.33 Å². The topological polar surface area (TPSA) is 129 Å². The lowest BCUT2D eigenvalue weighted by atomic mass is 10.1. The lowest BCUT2D eigenvalue weighted by Crippen LogP contribution is -2.26. The fraction of sp³-hybridized carbons (Fsp3) is 0.0714. The molecule has 10 heteroatoms. The van der Waals surface area contributed by atoms with Crippen LogP contribution in [0.2, 0.25) is 0 Å². The number of phenolic OH excluding ortho intramolecular Hbond substituents is 1. The number of anilines is 1. The summed E-state index contributed by atoms with van der Waals surface area (Å²) in [6, 6.07) is 9.01. The molecule has 0 aliphatic heterocycles. The molecule has 0 bridgehead atoms. The lowest BCUT2D eigenvalue weighted by molar-refractivity contribution is -0.162. The highest BCUT2D eigenvalue weighted by molar-refractivity contribution is 7.94. The summed E-state index contributed by atoms with van der Waals surface area (Å²) in [5.74, 6) is 0.0245. The molecular weight excluding hydrogens is 336 g/mol. The van der Waals surface area contributed by atoms with E-state index in [9.17, 15) is 14.7 Å². The summed E-state index contributed by atoms with van der Waals surface area (Å²) in [6.45, 7) is 1.82. The number of phenols is 1. The molecule has 0 saturated heterocycles. The number of benzene rings is 2. The SMILES string of the molecule is Cc1c(O)ccc2ccc(SOONc3nc(=O)[nH]c(=O)[nH]3)cc12. The highest BCUT2D eigenvalue weighted by Gasteiger charge is 2.05. The maximum atomic E-state index is 11.0. The summed E-state index contributed by atoms with van der Waals surface area (Å²) in [7, 11) is 0. The van der Waals surface area contributed by atoms with E-state index in [-0.39, 0.29) is 11.7 Å². The van der Waals surface area contributed by atoms with Gasteiger partial charge in [0.05, 0.1) is 12.0 Å². The van der Waals surface area contributed by atoms with Gasteiger partial charge in [-0.15, -0.1) is 4.33 Å². The Morgan fingerprint density at radius 2 is 2.00 bits per heavy atom. The van der Waals surface area contributed by atoms with Crippen molar-refractivity contribution < 1.29 is 14.4 Å². The second-order valence-electron chi connectivity index (χ2n) is 4.77. The smallest absolute Gasteiger partial charge is 0.352 e. The number of aryl methyl sites for hydroxylation is 1. The van der Waals surface area contributed by atoms with Gasteiger partial charge < -0.3 is 5.11 Å². The van der Waals surface area contributed by atoms with Crippen LogP contribution in [-0.4, -0.2) is 20.1 Å². The molecule has 4 N–H and O–H groups in total. The number of aromatic nitrogens is 3. The van der Waals surface area contributed by atoms with Crippen LogP contribution in [0.5, 0.6) is 5.75 Å². The highest BCUT2D eigenvalue weighted by Crippen LogP contribution is 2.30. The number of hydrogen-bond acceptors (Lipinski definition) is 8. The molecule has 0 fully saturated rings. The van der Waals surface area contributed by atoms with Crippen LogP contribution in [0.25, 0.3) is 10.8 Å². The van der Waals surface area contributed by atoms with E-state index in [1.807, 2.05) is 36.2 Å². The molecule has 0 radical (unpaired) electrons. The number of nitrogens with zero attached hydrogens (tertiary/aromatic N) is 1. The minimum atomic E-state index is -0.817. The second-order valence-corrected chi connectivity index (χ2v) is 5.55. The third-order valence-electron chi connectivity index (χ3n) is 3.20. The van der Waals surface area contributed by atoms with Gasteiger partial charge in [-0.25, -0.2) is 15.1 Å². The first-order valence-corrected chi connectivity index (χ1v) is 7.46. The molecule has 0 amide bonds. The van der Waals surface area contributed by atoms with E-state index in [0.717, 1.165) is 33.3 Å². The standard InChI is InChI=1S/C14H12N4O5S/c1-7-10-6-9(4-2-8(10)3-5-11(7)19)24-23-22-18-12-15-13(20)17-14(21)16-12/h2-6,19H,1H3,(H3,15,16,17,18,20,21). The number of aromatic hydroxyl groups is 1. The monoisotopic (exact) mass is 348 g/mol. The molecule has 0 unspecified atom stereocenters. The van der Waals surface area contributed by atoms with E-state index in [1.165, 1.54) is 0 Å². The fourth-order valence-corrected chi connectivity index (χ4v) is 2.48. The van der Waals surface area contributed by atoms with E-state index in [2.05, 4.69) is 20.4 Å². The second kappa shape index (κ2) is 6.74. The van der Waals surface area contributed by atoms with Crippen molar-refractivity contribution in [3.63, 3.8) is 0 Å². The third kappa shape index (κ3) is 3.56. The minimum Gasteiger partial charge on any atom is -0.508 e. The molecule has 124 valence electrons. The third-order valence-corrected chi connectivity index (χ3v) is 3.78. The van der Waals surface area contributed by atoms with Gasteiger partial charge in [0.2, 0.25) is 5.95 Å². The molecule has 0 atom stereocenters. The highest BCUT2D eigenvalue weighted by atomic mass is 32.2. The first-order valence-electron chi connectivity index (χ1n) is 6.72. The lowest BCUT2D eigenvalue weighted by Gasteiger charge is -2.07. The van der Waals surface area contributed by atoms with Crippen LogP contribution in [-0.2, 0) is 9.32 Å². The fourth-order valence-electron chi connectivity index (χ4n) is 2.04. The van der Waals surface area contributed by atoms with Crippen molar-refractivity contribution in [2.75, 3.05) is 5.48 Å². The summed E-state index contributed by atoms with van der Waals surface area (Å²) >= 11 is 0.905. The average Bonchev–Trinajstić information content (AvgIpc) is 2.54. The van der Waals surface area contributed by atoms with Gasteiger partial charge in [0, 0.05) is 4.90 Å². The Bertz CT molecular complexity index is 972. The van der Waals surface area contributed by atoms with E-state index < -0.39 is 11.4 Å². The Kier molecular flexibility index (Phi) is 4.51. The van der Waals surface area contributed by atoms with Gasteiger partial charge in [-0.05, 0) is 41.5 Å². The van der Waals surface area contributed by atoms with Gasteiger partial charge in [0.1, 0.15) is 5.75 Å². The van der Waals surface area contributed by atoms with Gasteiger partial charge in [-0.2, -0.15) is 4.98 Å². The number of aromatic amines is 2. The molecule has 0 spiro atoms. The molecule has 24 heavy (non-hydrogen) atoms. The Morgan fingerprint density at radius 3 is 2.79 bits per heavy atom. The largest absolute Gasteiger partial charge is 0.508 e. The van der Waals surface area contributed by atoms with Crippen molar-refractivity contribution in [2.24, 2.45) is 0 Å². The van der Waals surface area contributed by atoms with Crippen molar-refractivity contribution in [1.29, 1.82) is 0 Å². The predicted molar refractivity (Wildman–Crippen MR) is 87.5 cm³/mol. The zero-order valence-corrected chi connectivity index (χ0v) is 13.1. The molecule has 1 aromatic heterocycles. The number of rotatable bonds is 5. The molecule has 9 nitrogen and oxygen atoms in total. The molecule has 2 aromatic carbocycles. The van der Waals surface area contributed by atoms with Crippen LogP contribution in [0, 0.1) is 6.92 Å². The summed E-state index contributed by atoms with van der Waals surface area (Å²) in [4.78, 5) is 35.0. The average molecular weight is 348 g/mol. The quantitative estimate of drug-likeness (QED) is 0.237. The molecular formula is C14H12N4O5S. The summed E-state index contributed by atoms with van der Waals surface area (Å²) in [5.41, 5.74) is 1.41. The number of H-pyrrole nitrogens is 2. The Balaban J connectivity index is 1.64. The Hall–Kier alpha value is -2.82. The van der Waals surface area contributed by atoms with E-state index >= 15 is 0 Å². The first kappa shape index (κ1) is 16.1. The minimum absolute atomic E-state index is 0.191. The van der Waals surface area contributed by atoms with Crippen LogP contribution in [0.4, 0.5) is 5.95 Å². The summed E-state index contributed by atoms with van der Waals surface area (Å²) < 4.78 is 4.89. The summed E-state index contributed by atoms with van der Waals surface area (Å²) in [6.07, 6.45) is 0. The van der Waals surface area contributed by atoms with Gasteiger partial charge in [0.15, 0.2) is 0 Å². The van der Waals surface area contributed by atoms with Gasteiger partial charge in [-0.1, -0.05) is 17.1 Å². The Morgan fingerprint density at radius 1 is 1.21 bits per heavy atom. The predicted octanol–water partition coefficient (Wildman–Crippen LogP) is 1.61. The summed E-state index contributed by atoms with van der Waals surface area (Å²) in [5, 5.41) is 11.6. The van der Waals surface area contributed by atoms with Crippen molar-refractivity contribution in [3.05, 3.63) is 56.9 Å². The van der Waals surface area contributed by atoms with E-state index in [1.54, 1.807) is 6.07 Å². The van der Waals surface area contributed by atoms with Crippen molar-refractivity contribution in [3.8, 4) is 5.75 Å². The van der Waals surface area contributed by atoms with Crippen LogP contribution < -0.4 is 16.9 Å². The number of hydrogen-bond donors (Lipinski definition) is 4. The van der Waals surface area contributed by atoms with Crippen LogP contribution in [0.15, 0.2) is 44.8 Å². The van der Waals surface area contributed by atoms with Crippen molar-refractivity contribution in [2.45, 2.75) is 11.8 Å². The normalized spacial score (nSPS) is 10.9. The van der Waals surface area contributed by atoms with Crippen LogP contribution >= 0.6 is 12.0 Å². The molecule has 3 rings (SSSR count). The zero-order valence-electron chi connectivity index (χ0n) is 12.3. The van der Waals surface area contributed by atoms with Crippen LogP contribution in [0.1, 0.15) is 5.56 Å². The van der Waals surface area contributed by atoms with Gasteiger partial charge >= 0.3 is 11.4 Å². The maximum Gasteiger partial charge on any atom is 0.352 e. The van der Waals surface area contributed by atoms with Gasteiger partial charge in [-0.3, -0.25) is 9.97 Å².